The molecule has 0 bridgehead atoms. The predicted octanol–water partition coefficient (Wildman–Crippen LogP) is 0.326. The molecule has 0 amide bonds. The summed E-state index contributed by atoms with van der Waals surface area (Å²) in [4.78, 5) is 15.5. The third-order valence-electron chi connectivity index (χ3n) is 4.11. The van der Waals surface area contributed by atoms with Crippen LogP contribution >= 0.6 is 0 Å². The first-order chi connectivity index (χ1) is 13.2. The number of aryl methyl sites for hydroxylation is 1. The largest absolute Gasteiger partial charge is 0.462 e. The number of hydrogen-bond acceptors (Lipinski definition) is 9. The molecule has 1 saturated heterocycles. The number of hydrazone groups is 1. The molecule has 0 unspecified atom stereocenters. The van der Waals surface area contributed by atoms with Crippen LogP contribution in [-0.4, -0.2) is 67.2 Å². The van der Waals surface area contributed by atoms with E-state index in [9.17, 15) is 0 Å². The predicted molar refractivity (Wildman–Crippen MR) is 103 cm³/mol. The van der Waals surface area contributed by atoms with Crippen LogP contribution in [0, 0.1) is 6.92 Å². The summed E-state index contributed by atoms with van der Waals surface area (Å²) in [6.07, 6.45) is 0. The lowest BCUT2D eigenvalue weighted by Crippen LogP contribution is -2.38. The summed E-state index contributed by atoms with van der Waals surface area (Å²) in [6, 6.07) is 8.13. The third kappa shape index (κ3) is 4.89. The molecule has 3 rings (SSSR count). The summed E-state index contributed by atoms with van der Waals surface area (Å²) in [5.74, 6) is 6.62. The van der Waals surface area contributed by atoms with Crippen LogP contribution in [0.25, 0.3) is 0 Å². The van der Waals surface area contributed by atoms with E-state index in [2.05, 4.69) is 25.4 Å². The highest BCUT2D eigenvalue weighted by Gasteiger charge is 2.20. The zero-order valence-corrected chi connectivity index (χ0v) is 15.7. The van der Waals surface area contributed by atoms with Crippen molar-refractivity contribution >= 4 is 11.7 Å². The molecule has 2 heterocycles. The van der Waals surface area contributed by atoms with E-state index < -0.39 is 0 Å². The Labute approximate surface area is 158 Å². The Morgan fingerprint density at radius 1 is 1.30 bits per heavy atom. The Hall–Kier alpha value is -2.78. The number of aromatic nitrogens is 3. The van der Waals surface area contributed by atoms with Gasteiger partial charge in [0.1, 0.15) is 12.3 Å². The lowest BCUT2D eigenvalue weighted by Gasteiger charge is -2.27. The van der Waals surface area contributed by atoms with Crippen LogP contribution in [0.5, 0.6) is 6.01 Å². The number of ether oxygens (including phenoxy) is 2. The van der Waals surface area contributed by atoms with Crippen LogP contribution in [0.2, 0.25) is 0 Å². The maximum absolute atomic E-state index is 5.69. The molecule has 0 spiro atoms. The zero-order chi connectivity index (χ0) is 19.1. The third-order valence-corrected chi connectivity index (χ3v) is 4.11. The van der Waals surface area contributed by atoms with Gasteiger partial charge in [0.25, 0.3) is 0 Å². The molecular weight excluding hydrogens is 346 g/mol. The van der Waals surface area contributed by atoms with Gasteiger partial charge in [0.2, 0.25) is 5.95 Å². The van der Waals surface area contributed by atoms with Gasteiger partial charge in [-0.25, -0.2) is 0 Å². The van der Waals surface area contributed by atoms with Gasteiger partial charge in [0.15, 0.2) is 5.82 Å². The van der Waals surface area contributed by atoms with Crippen LogP contribution in [0.1, 0.15) is 17.0 Å². The highest BCUT2D eigenvalue weighted by molar-refractivity contribution is 6.10. The summed E-state index contributed by atoms with van der Waals surface area (Å²) in [5.41, 5.74) is 2.44. The molecule has 3 N–H and O–H groups in total. The molecule has 1 aromatic carbocycles. The molecular formula is C18H25N7O2. The maximum atomic E-state index is 5.69. The summed E-state index contributed by atoms with van der Waals surface area (Å²) in [5, 5.41) is 6.98. The van der Waals surface area contributed by atoms with Crippen molar-refractivity contribution in [2.75, 3.05) is 51.4 Å². The molecule has 1 aromatic heterocycles. The number of nitrogens with one attached hydrogen (secondary N) is 1. The first-order valence-electron chi connectivity index (χ1n) is 8.92. The molecule has 144 valence electrons. The standard InChI is InChI=1S/C18H25N7O2/c1-13-4-3-5-14(12-13)15(24-19)16-21-17(25-7-10-26-11-8-25)23-18(22-16)27-9-6-20-2/h3-5,12,20H,6-11,19H2,1-2H3/b24-15-. The smallest absolute Gasteiger partial charge is 0.321 e. The highest BCUT2D eigenvalue weighted by Crippen LogP contribution is 2.17. The average Bonchev–Trinajstić information content (AvgIpc) is 2.69. The second-order valence-electron chi connectivity index (χ2n) is 6.14. The van der Waals surface area contributed by atoms with Gasteiger partial charge in [-0.1, -0.05) is 23.8 Å². The van der Waals surface area contributed by atoms with E-state index in [0.717, 1.165) is 11.1 Å². The molecule has 1 aliphatic rings. The summed E-state index contributed by atoms with van der Waals surface area (Å²) < 4.78 is 11.1. The number of rotatable bonds is 7. The average molecular weight is 371 g/mol. The SMILES string of the molecule is CNCCOc1nc(/C(=N\N)c2cccc(C)c2)nc(N2CCOCC2)n1. The number of likely N-dealkylation sites (N-methyl/N-ethyl adjacent to an activating group) is 1. The Morgan fingerprint density at radius 2 is 2.11 bits per heavy atom. The Balaban J connectivity index is 1.97. The molecule has 0 aliphatic carbocycles. The summed E-state index contributed by atoms with van der Waals surface area (Å²) >= 11 is 0. The number of benzene rings is 1. The molecule has 0 radical (unpaired) electrons. The van der Waals surface area contributed by atoms with E-state index in [1.165, 1.54) is 0 Å². The monoisotopic (exact) mass is 371 g/mol. The molecule has 9 nitrogen and oxygen atoms in total. The van der Waals surface area contributed by atoms with Gasteiger partial charge >= 0.3 is 6.01 Å². The fourth-order valence-corrected chi connectivity index (χ4v) is 2.72. The molecule has 9 heteroatoms. The second-order valence-corrected chi connectivity index (χ2v) is 6.14. The van der Waals surface area contributed by atoms with Gasteiger partial charge in [0, 0.05) is 25.2 Å². The van der Waals surface area contributed by atoms with Crippen molar-refractivity contribution in [3.63, 3.8) is 0 Å². The van der Waals surface area contributed by atoms with Gasteiger partial charge < -0.3 is 25.5 Å². The molecule has 1 aliphatic heterocycles. The van der Waals surface area contributed by atoms with Crippen molar-refractivity contribution in [1.82, 2.24) is 20.3 Å². The fourth-order valence-electron chi connectivity index (χ4n) is 2.72. The van der Waals surface area contributed by atoms with Crippen LogP contribution in [-0.2, 0) is 4.74 Å². The maximum Gasteiger partial charge on any atom is 0.321 e. The van der Waals surface area contributed by atoms with E-state index in [4.69, 9.17) is 15.3 Å². The van der Waals surface area contributed by atoms with E-state index in [1.54, 1.807) is 0 Å². The minimum absolute atomic E-state index is 0.255. The lowest BCUT2D eigenvalue weighted by atomic mass is 10.1. The van der Waals surface area contributed by atoms with Crippen molar-refractivity contribution < 1.29 is 9.47 Å². The minimum atomic E-state index is 0.255. The van der Waals surface area contributed by atoms with E-state index in [1.807, 2.05) is 43.1 Å². The number of anilines is 1. The van der Waals surface area contributed by atoms with Crippen molar-refractivity contribution in [3.05, 3.63) is 41.2 Å². The first-order valence-corrected chi connectivity index (χ1v) is 8.92. The number of hydrogen-bond donors (Lipinski definition) is 2. The highest BCUT2D eigenvalue weighted by atomic mass is 16.5. The van der Waals surface area contributed by atoms with Gasteiger partial charge in [-0.05, 0) is 20.0 Å². The minimum Gasteiger partial charge on any atom is -0.462 e. The van der Waals surface area contributed by atoms with E-state index >= 15 is 0 Å². The Kier molecular flexibility index (Phi) is 6.50. The number of morpholine rings is 1. The van der Waals surface area contributed by atoms with Crippen molar-refractivity contribution in [2.24, 2.45) is 10.9 Å². The van der Waals surface area contributed by atoms with Crippen LogP contribution in [0.4, 0.5) is 5.95 Å². The van der Waals surface area contributed by atoms with E-state index in [0.29, 0.717) is 56.9 Å². The van der Waals surface area contributed by atoms with Crippen LogP contribution < -0.4 is 20.8 Å². The topological polar surface area (TPSA) is 111 Å². The zero-order valence-electron chi connectivity index (χ0n) is 15.7. The molecule has 0 saturated carbocycles. The normalized spacial score (nSPS) is 15.0. The number of nitrogens with two attached hydrogens (primary N) is 1. The molecule has 27 heavy (non-hydrogen) atoms. The molecule has 0 atom stereocenters. The molecule has 2 aromatic rings. The van der Waals surface area contributed by atoms with Crippen LogP contribution in [0.3, 0.4) is 0 Å². The first kappa shape index (κ1) is 19.0. The van der Waals surface area contributed by atoms with Gasteiger partial charge in [0.05, 0.1) is 13.2 Å². The van der Waals surface area contributed by atoms with Gasteiger partial charge in [-0.3, -0.25) is 0 Å². The van der Waals surface area contributed by atoms with Gasteiger partial charge in [-0.2, -0.15) is 20.1 Å². The fraction of sp³-hybridized carbons (Fsp3) is 0.444. The summed E-state index contributed by atoms with van der Waals surface area (Å²) in [6.45, 7) is 5.82. The van der Waals surface area contributed by atoms with E-state index in [-0.39, 0.29) is 6.01 Å². The summed E-state index contributed by atoms with van der Waals surface area (Å²) in [7, 11) is 1.86. The van der Waals surface area contributed by atoms with Crippen molar-refractivity contribution in [3.8, 4) is 6.01 Å². The second kappa shape index (κ2) is 9.24. The Morgan fingerprint density at radius 3 is 2.81 bits per heavy atom. The van der Waals surface area contributed by atoms with Gasteiger partial charge in [-0.15, -0.1) is 0 Å². The van der Waals surface area contributed by atoms with Crippen LogP contribution in [0.15, 0.2) is 29.4 Å². The molecule has 1 fully saturated rings. The van der Waals surface area contributed by atoms with Crippen molar-refractivity contribution in [2.45, 2.75) is 6.92 Å². The van der Waals surface area contributed by atoms with Crippen molar-refractivity contribution in [1.29, 1.82) is 0 Å². The number of nitrogens with zero attached hydrogens (tertiary/aromatic N) is 5. The Bertz CT molecular complexity index is 791. The quantitative estimate of drug-likeness (QED) is 0.310. The lowest BCUT2D eigenvalue weighted by molar-refractivity contribution is 0.122.